The molecule has 0 bridgehead atoms. The van der Waals surface area contributed by atoms with Gasteiger partial charge in [0.25, 0.3) is 0 Å². The predicted octanol–water partition coefficient (Wildman–Crippen LogP) is 3.57. The molecule has 1 aromatic carbocycles. The van der Waals surface area contributed by atoms with Crippen LogP contribution in [0.3, 0.4) is 0 Å². The van der Waals surface area contributed by atoms with Crippen molar-refractivity contribution >= 4 is 15.9 Å². The van der Waals surface area contributed by atoms with Crippen LogP contribution in [0, 0.1) is 5.92 Å². The summed E-state index contributed by atoms with van der Waals surface area (Å²) < 4.78 is 1.11. The molecule has 0 amide bonds. The molecule has 1 atom stereocenters. The van der Waals surface area contributed by atoms with E-state index in [1.54, 1.807) is 0 Å². The summed E-state index contributed by atoms with van der Waals surface area (Å²) in [6.07, 6.45) is 5.29. The van der Waals surface area contributed by atoms with E-state index in [9.17, 15) is 0 Å². The van der Waals surface area contributed by atoms with Crippen molar-refractivity contribution in [2.75, 3.05) is 20.1 Å². The predicted molar refractivity (Wildman–Crippen MR) is 80.5 cm³/mol. The molecule has 1 aromatic rings. The van der Waals surface area contributed by atoms with Gasteiger partial charge in [0.2, 0.25) is 0 Å². The molecular formula is C15H23BrN2. The van der Waals surface area contributed by atoms with E-state index >= 15 is 0 Å². The summed E-state index contributed by atoms with van der Waals surface area (Å²) in [6, 6.07) is 8.47. The molecule has 1 aliphatic carbocycles. The van der Waals surface area contributed by atoms with Gasteiger partial charge in [-0.25, -0.2) is 0 Å². The molecule has 0 saturated heterocycles. The third-order valence-electron chi connectivity index (χ3n) is 3.89. The average molecular weight is 311 g/mol. The van der Waals surface area contributed by atoms with Crippen molar-refractivity contribution in [1.82, 2.24) is 4.90 Å². The highest BCUT2D eigenvalue weighted by Gasteiger charge is 2.19. The van der Waals surface area contributed by atoms with Crippen LogP contribution < -0.4 is 5.73 Å². The lowest BCUT2D eigenvalue weighted by atomic mass is 9.85. The fraction of sp³-hybridized carbons (Fsp3) is 0.600. The van der Waals surface area contributed by atoms with E-state index < -0.39 is 0 Å². The number of benzene rings is 1. The van der Waals surface area contributed by atoms with Gasteiger partial charge in [0.15, 0.2) is 0 Å². The number of nitrogens with zero attached hydrogens (tertiary/aromatic N) is 1. The van der Waals surface area contributed by atoms with Crippen molar-refractivity contribution in [3.8, 4) is 0 Å². The van der Waals surface area contributed by atoms with Crippen LogP contribution in [0.25, 0.3) is 0 Å². The van der Waals surface area contributed by atoms with Crippen molar-refractivity contribution < 1.29 is 0 Å². The van der Waals surface area contributed by atoms with Gasteiger partial charge in [-0.05, 0) is 56.5 Å². The largest absolute Gasteiger partial charge is 0.324 e. The average Bonchev–Trinajstić information content (AvgIpc) is 2.31. The number of rotatable bonds is 6. The van der Waals surface area contributed by atoms with Gasteiger partial charge in [-0.15, -0.1) is 0 Å². The second-order valence-electron chi connectivity index (χ2n) is 5.51. The Hall–Kier alpha value is -0.380. The molecule has 0 radical (unpaired) electrons. The summed E-state index contributed by atoms with van der Waals surface area (Å²) in [5, 5.41) is 0. The maximum Gasteiger partial charge on any atom is 0.0307 e. The zero-order chi connectivity index (χ0) is 13.0. The SMILES string of the molecule is CN(CCC(N)c1cccc(Br)c1)CC1CCC1. The lowest BCUT2D eigenvalue weighted by Crippen LogP contribution is -2.31. The maximum absolute atomic E-state index is 6.24. The fourth-order valence-electron chi connectivity index (χ4n) is 2.47. The first-order valence-electron chi connectivity index (χ1n) is 6.85. The molecule has 1 unspecified atom stereocenters. The van der Waals surface area contributed by atoms with Crippen LogP contribution in [0.1, 0.15) is 37.3 Å². The Labute approximate surface area is 119 Å². The molecule has 2 N–H and O–H groups in total. The summed E-state index contributed by atoms with van der Waals surface area (Å²) in [4.78, 5) is 2.43. The molecule has 3 heteroatoms. The second kappa shape index (κ2) is 6.69. The van der Waals surface area contributed by atoms with Crippen molar-refractivity contribution in [3.05, 3.63) is 34.3 Å². The number of halogens is 1. The molecule has 1 aliphatic rings. The minimum atomic E-state index is 0.145. The third kappa shape index (κ3) is 4.08. The molecule has 18 heavy (non-hydrogen) atoms. The summed E-state index contributed by atoms with van der Waals surface area (Å²) >= 11 is 3.49. The van der Waals surface area contributed by atoms with Crippen LogP contribution in [0.2, 0.25) is 0 Å². The first-order valence-corrected chi connectivity index (χ1v) is 7.64. The molecular weight excluding hydrogens is 288 g/mol. The standard InChI is InChI=1S/C15H23BrN2/c1-18(11-12-4-2-5-12)9-8-15(17)13-6-3-7-14(16)10-13/h3,6-7,10,12,15H,2,4-5,8-9,11,17H2,1H3. The smallest absolute Gasteiger partial charge is 0.0307 e. The van der Waals surface area contributed by atoms with Crippen LogP contribution >= 0.6 is 15.9 Å². The van der Waals surface area contributed by atoms with Gasteiger partial charge >= 0.3 is 0 Å². The Bertz CT molecular complexity index is 377. The third-order valence-corrected chi connectivity index (χ3v) is 4.39. The van der Waals surface area contributed by atoms with E-state index in [0.717, 1.165) is 23.4 Å². The van der Waals surface area contributed by atoms with Gasteiger partial charge in [-0.1, -0.05) is 34.5 Å². The lowest BCUT2D eigenvalue weighted by molar-refractivity contribution is 0.201. The Kier molecular flexibility index (Phi) is 5.22. The highest BCUT2D eigenvalue weighted by Crippen LogP contribution is 2.27. The topological polar surface area (TPSA) is 29.3 Å². The van der Waals surface area contributed by atoms with Crippen LogP contribution in [-0.4, -0.2) is 25.0 Å². The summed E-state index contributed by atoms with van der Waals surface area (Å²) in [6.45, 7) is 2.33. The highest BCUT2D eigenvalue weighted by molar-refractivity contribution is 9.10. The van der Waals surface area contributed by atoms with E-state index in [1.807, 2.05) is 6.07 Å². The molecule has 2 rings (SSSR count). The van der Waals surface area contributed by atoms with E-state index in [2.05, 4.69) is 46.1 Å². The molecule has 0 aromatic heterocycles. The van der Waals surface area contributed by atoms with Crippen molar-refractivity contribution in [2.24, 2.45) is 11.7 Å². The summed E-state index contributed by atoms with van der Waals surface area (Å²) in [5.41, 5.74) is 7.47. The monoisotopic (exact) mass is 310 g/mol. The highest BCUT2D eigenvalue weighted by atomic mass is 79.9. The first-order chi connectivity index (χ1) is 8.65. The van der Waals surface area contributed by atoms with Crippen LogP contribution in [0.5, 0.6) is 0 Å². The molecule has 2 nitrogen and oxygen atoms in total. The second-order valence-corrected chi connectivity index (χ2v) is 6.43. The van der Waals surface area contributed by atoms with E-state index in [4.69, 9.17) is 5.73 Å². The van der Waals surface area contributed by atoms with E-state index in [-0.39, 0.29) is 6.04 Å². The summed E-state index contributed by atoms with van der Waals surface area (Å²) in [7, 11) is 2.21. The van der Waals surface area contributed by atoms with Gasteiger partial charge in [-0.2, -0.15) is 0 Å². The molecule has 0 heterocycles. The van der Waals surface area contributed by atoms with Gasteiger partial charge in [0.05, 0.1) is 0 Å². The van der Waals surface area contributed by atoms with Gasteiger partial charge in [0.1, 0.15) is 0 Å². The zero-order valence-electron chi connectivity index (χ0n) is 11.1. The Morgan fingerprint density at radius 1 is 1.44 bits per heavy atom. The van der Waals surface area contributed by atoms with Crippen molar-refractivity contribution in [3.63, 3.8) is 0 Å². The Morgan fingerprint density at radius 2 is 2.22 bits per heavy atom. The van der Waals surface area contributed by atoms with Crippen LogP contribution in [0.15, 0.2) is 28.7 Å². The minimum absolute atomic E-state index is 0.145. The van der Waals surface area contributed by atoms with Gasteiger partial charge < -0.3 is 10.6 Å². The Morgan fingerprint density at radius 3 is 2.83 bits per heavy atom. The molecule has 100 valence electrons. The maximum atomic E-state index is 6.24. The molecule has 1 fully saturated rings. The van der Waals surface area contributed by atoms with Crippen molar-refractivity contribution in [1.29, 1.82) is 0 Å². The lowest BCUT2D eigenvalue weighted by Gasteiger charge is -2.30. The van der Waals surface area contributed by atoms with Gasteiger partial charge in [0, 0.05) is 17.1 Å². The summed E-state index contributed by atoms with van der Waals surface area (Å²) in [5.74, 6) is 0.942. The van der Waals surface area contributed by atoms with E-state index in [0.29, 0.717) is 0 Å². The number of hydrogen-bond acceptors (Lipinski definition) is 2. The molecule has 1 saturated carbocycles. The normalized spacial score (nSPS) is 17.8. The molecule has 0 spiro atoms. The number of hydrogen-bond donors (Lipinski definition) is 1. The minimum Gasteiger partial charge on any atom is -0.324 e. The van der Waals surface area contributed by atoms with Crippen molar-refractivity contribution in [2.45, 2.75) is 31.7 Å². The quantitative estimate of drug-likeness (QED) is 0.870. The van der Waals surface area contributed by atoms with E-state index in [1.165, 1.54) is 31.4 Å². The fourth-order valence-corrected chi connectivity index (χ4v) is 2.89. The Balaban J connectivity index is 1.75. The van der Waals surface area contributed by atoms with Crippen LogP contribution in [0.4, 0.5) is 0 Å². The zero-order valence-corrected chi connectivity index (χ0v) is 12.7. The van der Waals surface area contributed by atoms with Gasteiger partial charge in [-0.3, -0.25) is 0 Å². The number of nitrogens with two attached hydrogens (primary N) is 1. The van der Waals surface area contributed by atoms with Crippen LogP contribution in [-0.2, 0) is 0 Å². The first kappa shape index (κ1) is 14.0. The molecule has 0 aliphatic heterocycles.